The first-order valence-electron chi connectivity index (χ1n) is 9.17. The molecule has 1 aromatic heterocycles. The summed E-state index contributed by atoms with van der Waals surface area (Å²) in [4.78, 5) is 35.3. The van der Waals surface area contributed by atoms with Crippen LogP contribution in [0.2, 0.25) is 0 Å². The van der Waals surface area contributed by atoms with Crippen LogP contribution in [-0.2, 0) is 16.1 Å². The van der Waals surface area contributed by atoms with Crippen LogP contribution in [0.3, 0.4) is 0 Å². The van der Waals surface area contributed by atoms with Crippen LogP contribution in [0, 0.1) is 6.92 Å². The summed E-state index contributed by atoms with van der Waals surface area (Å²) in [7, 11) is 0. The number of imide groups is 2. The molecule has 2 N–H and O–H groups in total. The van der Waals surface area contributed by atoms with E-state index in [2.05, 4.69) is 10.6 Å². The van der Waals surface area contributed by atoms with Gasteiger partial charge in [0.05, 0.1) is 6.54 Å². The average molecular weight is 389 g/mol. The monoisotopic (exact) mass is 389 g/mol. The van der Waals surface area contributed by atoms with Gasteiger partial charge in [-0.1, -0.05) is 35.9 Å². The van der Waals surface area contributed by atoms with Crippen LogP contribution < -0.4 is 15.4 Å². The van der Waals surface area contributed by atoms with E-state index in [0.717, 1.165) is 16.7 Å². The van der Waals surface area contributed by atoms with E-state index < -0.39 is 17.8 Å². The van der Waals surface area contributed by atoms with Gasteiger partial charge in [0.1, 0.15) is 17.9 Å². The zero-order valence-corrected chi connectivity index (χ0v) is 15.8. The Labute approximate surface area is 167 Å². The van der Waals surface area contributed by atoms with Crippen molar-refractivity contribution >= 4 is 34.8 Å². The number of amides is 4. The number of urea groups is 1. The van der Waals surface area contributed by atoms with Gasteiger partial charge in [0.2, 0.25) is 0 Å². The molecule has 29 heavy (non-hydrogen) atoms. The SMILES string of the molecule is Cc1ccc(OCCn2cc(C=C3C(=O)NC(=O)NC3=O)c3ccccc32)cc1. The number of aryl methyl sites for hydroxylation is 1. The summed E-state index contributed by atoms with van der Waals surface area (Å²) in [6, 6.07) is 14.7. The average Bonchev–Trinajstić information content (AvgIpc) is 3.04. The highest BCUT2D eigenvalue weighted by Gasteiger charge is 2.28. The summed E-state index contributed by atoms with van der Waals surface area (Å²) < 4.78 is 7.83. The van der Waals surface area contributed by atoms with Crippen molar-refractivity contribution in [3.63, 3.8) is 0 Å². The van der Waals surface area contributed by atoms with E-state index in [1.807, 2.05) is 66.2 Å². The van der Waals surface area contributed by atoms with Crippen LogP contribution >= 0.6 is 0 Å². The van der Waals surface area contributed by atoms with E-state index in [4.69, 9.17) is 4.74 Å². The maximum Gasteiger partial charge on any atom is 0.328 e. The highest BCUT2D eigenvalue weighted by Crippen LogP contribution is 2.24. The molecule has 4 amide bonds. The molecule has 2 heterocycles. The summed E-state index contributed by atoms with van der Waals surface area (Å²) in [6.45, 7) is 3.08. The molecule has 146 valence electrons. The molecule has 0 aliphatic carbocycles. The summed E-state index contributed by atoms with van der Waals surface area (Å²) in [5.41, 5.74) is 2.73. The largest absolute Gasteiger partial charge is 0.492 e. The standard InChI is InChI=1S/C22H19N3O4/c1-14-6-8-16(9-7-14)29-11-10-25-13-15(17-4-2-3-5-19(17)25)12-18-20(26)23-22(28)24-21(18)27/h2-9,12-13H,10-11H2,1H3,(H2,23,24,26,27,28). The number of carbonyl (C=O) groups excluding carboxylic acids is 3. The first-order valence-corrected chi connectivity index (χ1v) is 9.17. The predicted molar refractivity (Wildman–Crippen MR) is 108 cm³/mol. The van der Waals surface area contributed by atoms with Crippen molar-refractivity contribution in [3.05, 3.63) is 71.4 Å². The van der Waals surface area contributed by atoms with Crippen LogP contribution in [0.4, 0.5) is 4.79 Å². The second-order valence-corrected chi connectivity index (χ2v) is 6.75. The Bertz CT molecular complexity index is 1120. The molecule has 0 bridgehead atoms. The van der Waals surface area contributed by atoms with Crippen molar-refractivity contribution < 1.29 is 19.1 Å². The topological polar surface area (TPSA) is 89.4 Å². The molecule has 0 spiro atoms. The van der Waals surface area contributed by atoms with Gasteiger partial charge in [0.25, 0.3) is 11.8 Å². The summed E-state index contributed by atoms with van der Waals surface area (Å²) >= 11 is 0. The Morgan fingerprint density at radius 2 is 1.66 bits per heavy atom. The van der Waals surface area contributed by atoms with Crippen molar-refractivity contribution in [2.75, 3.05) is 6.61 Å². The number of hydrogen-bond donors (Lipinski definition) is 2. The zero-order chi connectivity index (χ0) is 20.4. The number of hydrogen-bond acceptors (Lipinski definition) is 4. The van der Waals surface area contributed by atoms with E-state index in [9.17, 15) is 14.4 Å². The summed E-state index contributed by atoms with van der Waals surface area (Å²) in [6.07, 6.45) is 3.37. The van der Waals surface area contributed by atoms with Gasteiger partial charge in [-0.3, -0.25) is 20.2 Å². The molecule has 1 aliphatic heterocycles. The molecule has 3 aromatic rings. The Morgan fingerprint density at radius 1 is 0.966 bits per heavy atom. The van der Waals surface area contributed by atoms with Gasteiger partial charge in [-0.15, -0.1) is 0 Å². The van der Waals surface area contributed by atoms with Gasteiger partial charge in [-0.05, 0) is 31.2 Å². The van der Waals surface area contributed by atoms with Gasteiger partial charge in [-0.2, -0.15) is 0 Å². The molecule has 2 aromatic carbocycles. The minimum absolute atomic E-state index is 0.108. The first-order chi connectivity index (χ1) is 14.0. The van der Waals surface area contributed by atoms with Crippen LogP contribution in [0.15, 0.2) is 60.3 Å². The number of nitrogens with zero attached hydrogens (tertiary/aromatic N) is 1. The lowest BCUT2D eigenvalue weighted by Crippen LogP contribution is -2.51. The minimum atomic E-state index is -0.812. The number of para-hydroxylation sites is 1. The van der Waals surface area contributed by atoms with E-state index in [1.54, 1.807) is 0 Å². The molecule has 1 aliphatic rings. The summed E-state index contributed by atoms with van der Waals surface area (Å²) in [5, 5.41) is 5.07. The predicted octanol–water partition coefficient (Wildman–Crippen LogP) is 2.78. The molecule has 0 atom stereocenters. The molecular formula is C22H19N3O4. The number of rotatable bonds is 5. The summed E-state index contributed by atoms with van der Waals surface area (Å²) in [5.74, 6) is -0.619. The lowest BCUT2D eigenvalue weighted by molar-refractivity contribution is -0.123. The van der Waals surface area contributed by atoms with Gasteiger partial charge in [-0.25, -0.2) is 4.79 Å². The second-order valence-electron chi connectivity index (χ2n) is 6.75. The number of barbiturate groups is 1. The number of aromatic nitrogens is 1. The molecule has 0 unspecified atom stereocenters. The van der Waals surface area contributed by atoms with E-state index in [-0.39, 0.29) is 5.57 Å². The fourth-order valence-electron chi connectivity index (χ4n) is 3.23. The third kappa shape index (κ3) is 3.89. The quantitative estimate of drug-likeness (QED) is 0.519. The molecular weight excluding hydrogens is 370 g/mol. The van der Waals surface area contributed by atoms with Crippen molar-refractivity contribution in [1.29, 1.82) is 0 Å². The molecule has 7 heteroatoms. The fourth-order valence-corrected chi connectivity index (χ4v) is 3.23. The van der Waals surface area contributed by atoms with Gasteiger partial charge >= 0.3 is 6.03 Å². The molecule has 1 fully saturated rings. The smallest absolute Gasteiger partial charge is 0.328 e. The third-order valence-electron chi connectivity index (χ3n) is 4.68. The Hall–Kier alpha value is -3.87. The van der Waals surface area contributed by atoms with Crippen LogP contribution in [-0.4, -0.2) is 29.0 Å². The molecule has 1 saturated heterocycles. The number of fused-ring (bicyclic) bond motifs is 1. The molecule has 7 nitrogen and oxygen atoms in total. The fraction of sp³-hybridized carbons (Fsp3) is 0.136. The Balaban J connectivity index is 1.59. The second kappa shape index (κ2) is 7.63. The molecule has 4 rings (SSSR count). The van der Waals surface area contributed by atoms with E-state index in [1.165, 1.54) is 11.6 Å². The van der Waals surface area contributed by atoms with Crippen LogP contribution in [0.25, 0.3) is 17.0 Å². The van der Waals surface area contributed by atoms with Gasteiger partial charge in [0.15, 0.2) is 0 Å². The number of benzene rings is 2. The number of nitrogens with one attached hydrogen (secondary N) is 2. The number of ether oxygens (including phenoxy) is 1. The molecule has 0 radical (unpaired) electrons. The lowest BCUT2D eigenvalue weighted by Gasteiger charge is -2.13. The Morgan fingerprint density at radius 3 is 2.38 bits per heavy atom. The highest BCUT2D eigenvalue weighted by atomic mass is 16.5. The van der Waals surface area contributed by atoms with Gasteiger partial charge < -0.3 is 9.30 Å². The van der Waals surface area contributed by atoms with Crippen molar-refractivity contribution in [1.82, 2.24) is 15.2 Å². The number of carbonyl (C=O) groups is 3. The van der Waals surface area contributed by atoms with Crippen molar-refractivity contribution in [2.45, 2.75) is 13.5 Å². The Kier molecular flexibility index (Phi) is 4.87. The zero-order valence-electron chi connectivity index (χ0n) is 15.8. The van der Waals surface area contributed by atoms with Crippen molar-refractivity contribution in [3.8, 4) is 5.75 Å². The highest BCUT2D eigenvalue weighted by molar-refractivity contribution is 6.31. The normalized spacial score (nSPS) is 14.0. The maximum atomic E-state index is 12.0. The minimum Gasteiger partial charge on any atom is -0.492 e. The van der Waals surface area contributed by atoms with Crippen molar-refractivity contribution in [2.24, 2.45) is 0 Å². The van der Waals surface area contributed by atoms with Gasteiger partial charge in [0, 0.05) is 22.7 Å². The molecule has 0 saturated carbocycles. The van der Waals surface area contributed by atoms with E-state index >= 15 is 0 Å². The maximum absolute atomic E-state index is 12.0. The van der Waals surface area contributed by atoms with Crippen LogP contribution in [0.1, 0.15) is 11.1 Å². The first kappa shape index (κ1) is 18.5. The van der Waals surface area contributed by atoms with E-state index in [0.29, 0.717) is 18.7 Å². The van der Waals surface area contributed by atoms with Crippen LogP contribution in [0.5, 0.6) is 5.75 Å². The lowest BCUT2D eigenvalue weighted by atomic mass is 10.1. The third-order valence-corrected chi connectivity index (χ3v) is 4.68.